The maximum atomic E-state index is 12.2. The van der Waals surface area contributed by atoms with Gasteiger partial charge in [-0.25, -0.2) is 4.99 Å². The maximum Gasteiger partial charge on any atom is 0.272 e. The minimum atomic E-state index is -0.207. The minimum absolute atomic E-state index is 0.207. The van der Waals surface area contributed by atoms with Gasteiger partial charge in [0.25, 0.3) is 5.91 Å². The zero-order valence-electron chi connectivity index (χ0n) is 11.9. The third kappa shape index (κ3) is 3.51. The van der Waals surface area contributed by atoms with Crippen LogP contribution in [0.1, 0.15) is 29.9 Å². The quantitative estimate of drug-likeness (QED) is 0.629. The van der Waals surface area contributed by atoms with E-state index in [4.69, 9.17) is 0 Å². The van der Waals surface area contributed by atoms with E-state index < -0.39 is 0 Å². The summed E-state index contributed by atoms with van der Waals surface area (Å²) in [5.41, 5.74) is 2.62. The summed E-state index contributed by atoms with van der Waals surface area (Å²) < 4.78 is 1.32. The minimum Gasteiger partial charge on any atom is -0.267 e. The molecule has 1 aromatic carbocycles. The zero-order valence-corrected chi connectivity index (χ0v) is 11.9. The molecule has 0 saturated carbocycles. The summed E-state index contributed by atoms with van der Waals surface area (Å²) in [6, 6.07) is 11.5. The SMILES string of the molecule is CC(C)=Nc1cc(C)nn1C(=O)/C=C/c1ccccc1. The van der Waals surface area contributed by atoms with E-state index in [2.05, 4.69) is 10.1 Å². The van der Waals surface area contributed by atoms with Crippen LogP contribution in [-0.2, 0) is 0 Å². The summed E-state index contributed by atoms with van der Waals surface area (Å²) in [5.74, 6) is 0.354. The monoisotopic (exact) mass is 267 g/mol. The Hall–Kier alpha value is -2.49. The molecule has 2 rings (SSSR count). The number of aliphatic imine (C=N–C) groups is 1. The Bertz CT molecular complexity index is 662. The smallest absolute Gasteiger partial charge is 0.267 e. The fraction of sp³-hybridized carbons (Fsp3) is 0.188. The van der Waals surface area contributed by atoms with Gasteiger partial charge in [0, 0.05) is 17.9 Å². The van der Waals surface area contributed by atoms with E-state index in [9.17, 15) is 4.79 Å². The lowest BCUT2D eigenvalue weighted by Gasteiger charge is -1.99. The average molecular weight is 267 g/mol. The van der Waals surface area contributed by atoms with Gasteiger partial charge in [0.15, 0.2) is 5.82 Å². The van der Waals surface area contributed by atoms with E-state index in [-0.39, 0.29) is 5.91 Å². The van der Waals surface area contributed by atoms with Crippen molar-refractivity contribution in [1.29, 1.82) is 0 Å². The van der Waals surface area contributed by atoms with E-state index in [1.165, 1.54) is 10.8 Å². The third-order valence-electron chi connectivity index (χ3n) is 2.58. The van der Waals surface area contributed by atoms with Gasteiger partial charge in [-0.05, 0) is 32.4 Å². The van der Waals surface area contributed by atoms with Gasteiger partial charge in [0.1, 0.15) is 0 Å². The number of hydrogen-bond acceptors (Lipinski definition) is 3. The molecule has 0 unspecified atom stereocenters. The van der Waals surface area contributed by atoms with Gasteiger partial charge in [-0.15, -0.1) is 0 Å². The lowest BCUT2D eigenvalue weighted by atomic mass is 10.2. The van der Waals surface area contributed by atoms with E-state index >= 15 is 0 Å². The molecule has 1 heterocycles. The Balaban J connectivity index is 2.26. The van der Waals surface area contributed by atoms with Crippen LogP contribution in [0.3, 0.4) is 0 Å². The zero-order chi connectivity index (χ0) is 14.5. The molecule has 0 atom stereocenters. The lowest BCUT2D eigenvalue weighted by molar-refractivity contribution is 0.0957. The fourth-order valence-electron chi connectivity index (χ4n) is 1.76. The van der Waals surface area contributed by atoms with Crippen LogP contribution in [-0.4, -0.2) is 21.4 Å². The second-order valence-corrected chi connectivity index (χ2v) is 4.70. The highest BCUT2D eigenvalue weighted by atomic mass is 16.2. The Morgan fingerprint density at radius 2 is 1.95 bits per heavy atom. The molecule has 0 aliphatic heterocycles. The normalized spacial score (nSPS) is 10.8. The molecule has 0 bridgehead atoms. The van der Waals surface area contributed by atoms with Crippen molar-refractivity contribution in [2.75, 3.05) is 0 Å². The van der Waals surface area contributed by atoms with E-state index in [1.54, 1.807) is 12.1 Å². The van der Waals surface area contributed by atoms with Gasteiger partial charge in [0.05, 0.1) is 5.69 Å². The van der Waals surface area contributed by atoms with Crippen molar-refractivity contribution >= 4 is 23.5 Å². The molecule has 0 aliphatic carbocycles. The first-order valence-corrected chi connectivity index (χ1v) is 6.42. The summed E-state index contributed by atoms with van der Waals surface area (Å²) in [6.45, 7) is 5.61. The second-order valence-electron chi connectivity index (χ2n) is 4.70. The van der Waals surface area contributed by atoms with Crippen LogP contribution in [0.4, 0.5) is 5.82 Å². The molecule has 20 heavy (non-hydrogen) atoms. The molecule has 2 aromatic rings. The molecule has 0 N–H and O–H groups in total. The number of carbonyl (C=O) groups is 1. The van der Waals surface area contributed by atoms with Crippen molar-refractivity contribution in [2.24, 2.45) is 4.99 Å². The largest absolute Gasteiger partial charge is 0.272 e. The van der Waals surface area contributed by atoms with E-state index in [0.29, 0.717) is 5.82 Å². The first-order chi connectivity index (χ1) is 9.56. The third-order valence-corrected chi connectivity index (χ3v) is 2.58. The van der Waals surface area contributed by atoms with Gasteiger partial charge in [-0.3, -0.25) is 4.79 Å². The summed E-state index contributed by atoms with van der Waals surface area (Å²) in [5, 5.41) is 4.18. The van der Waals surface area contributed by atoms with Crippen molar-refractivity contribution in [3.05, 3.63) is 53.7 Å². The van der Waals surface area contributed by atoms with E-state index in [0.717, 1.165) is 17.0 Å². The van der Waals surface area contributed by atoms with Crippen molar-refractivity contribution < 1.29 is 4.79 Å². The number of allylic oxidation sites excluding steroid dienone is 1. The van der Waals surface area contributed by atoms with Gasteiger partial charge < -0.3 is 0 Å². The molecule has 0 fully saturated rings. The number of rotatable bonds is 3. The average Bonchev–Trinajstić information content (AvgIpc) is 2.77. The van der Waals surface area contributed by atoms with Gasteiger partial charge in [-0.1, -0.05) is 30.3 Å². The molecule has 0 amide bonds. The highest BCUT2D eigenvalue weighted by Crippen LogP contribution is 2.15. The molecule has 102 valence electrons. The molecular weight excluding hydrogens is 250 g/mol. The van der Waals surface area contributed by atoms with Crippen LogP contribution in [0, 0.1) is 6.92 Å². The van der Waals surface area contributed by atoms with Crippen molar-refractivity contribution in [1.82, 2.24) is 9.78 Å². The van der Waals surface area contributed by atoms with Gasteiger partial charge >= 0.3 is 0 Å². The Labute approximate surface area is 118 Å². The molecule has 0 saturated heterocycles. The van der Waals surface area contributed by atoms with Crippen LogP contribution >= 0.6 is 0 Å². The van der Waals surface area contributed by atoms with Crippen molar-refractivity contribution in [3.8, 4) is 0 Å². The number of aryl methyl sites for hydroxylation is 1. The Kier molecular flexibility index (Phi) is 4.25. The summed E-state index contributed by atoms with van der Waals surface area (Å²) in [4.78, 5) is 16.5. The molecule has 1 aromatic heterocycles. The lowest BCUT2D eigenvalue weighted by Crippen LogP contribution is -2.09. The summed E-state index contributed by atoms with van der Waals surface area (Å²) in [6.07, 6.45) is 3.28. The molecule has 4 heteroatoms. The highest BCUT2D eigenvalue weighted by molar-refractivity contribution is 5.95. The molecule has 4 nitrogen and oxygen atoms in total. The summed E-state index contributed by atoms with van der Waals surface area (Å²) in [7, 11) is 0. The second kappa shape index (κ2) is 6.10. The van der Waals surface area contributed by atoms with E-state index in [1.807, 2.05) is 51.1 Å². The number of hydrogen-bond donors (Lipinski definition) is 0. The van der Waals surface area contributed by atoms with Crippen LogP contribution < -0.4 is 0 Å². The Morgan fingerprint density at radius 1 is 1.25 bits per heavy atom. The number of carbonyl (C=O) groups excluding carboxylic acids is 1. The van der Waals surface area contributed by atoms with Crippen LogP contribution in [0.5, 0.6) is 0 Å². The van der Waals surface area contributed by atoms with Gasteiger partial charge in [0.2, 0.25) is 0 Å². The van der Waals surface area contributed by atoms with Crippen LogP contribution in [0.25, 0.3) is 6.08 Å². The van der Waals surface area contributed by atoms with Crippen molar-refractivity contribution in [3.63, 3.8) is 0 Å². The Morgan fingerprint density at radius 3 is 2.60 bits per heavy atom. The number of nitrogens with zero attached hydrogens (tertiary/aromatic N) is 3. The molecule has 0 aliphatic rings. The highest BCUT2D eigenvalue weighted by Gasteiger charge is 2.09. The van der Waals surface area contributed by atoms with Crippen LogP contribution in [0.2, 0.25) is 0 Å². The first-order valence-electron chi connectivity index (χ1n) is 6.42. The first kappa shape index (κ1) is 13.9. The fourth-order valence-corrected chi connectivity index (χ4v) is 1.76. The standard InChI is InChI=1S/C16H17N3O/c1-12(2)17-15-11-13(3)18-19(15)16(20)10-9-14-7-5-4-6-8-14/h4-11H,1-3H3/b10-9+. The topological polar surface area (TPSA) is 47.2 Å². The van der Waals surface area contributed by atoms with Gasteiger partial charge in [-0.2, -0.15) is 9.78 Å². The number of benzene rings is 1. The molecule has 0 spiro atoms. The van der Waals surface area contributed by atoms with Crippen LogP contribution in [0.15, 0.2) is 47.5 Å². The molecule has 0 radical (unpaired) electrons. The maximum absolute atomic E-state index is 12.2. The predicted octanol–water partition coefficient (Wildman–Crippen LogP) is 3.66. The molecular formula is C16H17N3O. The van der Waals surface area contributed by atoms with Crippen molar-refractivity contribution in [2.45, 2.75) is 20.8 Å². The predicted molar refractivity (Wildman–Crippen MR) is 81.5 cm³/mol. The number of aromatic nitrogens is 2. The summed E-state index contributed by atoms with van der Waals surface area (Å²) >= 11 is 0.